The topological polar surface area (TPSA) is 74.2 Å². The Hall–Kier alpha value is -1.64. The maximum absolute atomic E-state index is 8.68. The molecule has 3 N–H and O–H groups in total. The van der Waals surface area contributed by atoms with Crippen LogP contribution in [0.1, 0.15) is 5.56 Å². The van der Waals surface area contributed by atoms with Crippen LogP contribution in [0.4, 0.5) is 5.69 Å². The molecular formula is C10H9ClN4S. The third kappa shape index (κ3) is 2.92. The molecule has 0 bridgehead atoms. The van der Waals surface area contributed by atoms with Crippen LogP contribution >= 0.6 is 23.8 Å². The van der Waals surface area contributed by atoms with E-state index in [0.717, 1.165) is 5.56 Å². The number of anilines is 1. The molecule has 0 heterocycles. The molecule has 1 aromatic carbocycles. The monoisotopic (exact) mass is 252 g/mol. The molecule has 1 aromatic rings. The third-order valence-corrected chi connectivity index (χ3v) is 2.50. The maximum atomic E-state index is 8.68. The molecule has 0 unspecified atom stereocenters. The first-order chi connectivity index (χ1) is 7.56. The van der Waals surface area contributed by atoms with Crippen molar-refractivity contribution in [2.75, 3.05) is 5.43 Å². The van der Waals surface area contributed by atoms with Crippen molar-refractivity contribution >= 4 is 40.2 Å². The normalized spacial score (nSPS) is 10.7. The summed E-state index contributed by atoms with van der Waals surface area (Å²) in [5, 5.41) is 13.1. The second-order valence-corrected chi connectivity index (χ2v) is 3.81. The fourth-order valence-electron chi connectivity index (χ4n) is 0.980. The molecular weight excluding hydrogens is 244 g/mol. The lowest BCUT2D eigenvalue weighted by molar-refractivity contribution is 1.31. The third-order valence-electron chi connectivity index (χ3n) is 1.90. The Morgan fingerprint density at radius 2 is 2.31 bits per heavy atom. The van der Waals surface area contributed by atoms with Crippen molar-refractivity contribution in [1.29, 1.82) is 5.26 Å². The highest BCUT2D eigenvalue weighted by Gasteiger charge is 2.03. The van der Waals surface area contributed by atoms with Gasteiger partial charge in [-0.3, -0.25) is 5.43 Å². The molecule has 0 aromatic heterocycles. The zero-order valence-corrected chi connectivity index (χ0v) is 10.1. The van der Waals surface area contributed by atoms with Crippen LogP contribution < -0.4 is 11.2 Å². The summed E-state index contributed by atoms with van der Waals surface area (Å²) in [6.45, 7) is 1.84. The van der Waals surface area contributed by atoms with E-state index in [-0.39, 0.29) is 10.7 Å². The number of hydrazone groups is 1. The second-order valence-electron chi connectivity index (χ2n) is 2.96. The zero-order chi connectivity index (χ0) is 12.1. The number of nitrogens with two attached hydrogens (primary N) is 1. The van der Waals surface area contributed by atoms with Crippen LogP contribution in [0.5, 0.6) is 0 Å². The van der Waals surface area contributed by atoms with Gasteiger partial charge in [-0.15, -0.1) is 0 Å². The molecule has 16 heavy (non-hydrogen) atoms. The highest BCUT2D eigenvalue weighted by molar-refractivity contribution is 7.82. The van der Waals surface area contributed by atoms with Gasteiger partial charge in [0.2, 0.25) is 0 Å². The number of nitriles is 1. The molecule has 0 aliphatic rings. The van der Waals surface area contributed by atoms with Crippen LogP contribution in [0.2, 0.25) is 5.02 Å². The minimum atomic E-state index is -0.0466. The van der Waals surface area contributed by atoms with Crippen LogP contribution in [-0.4, -0.2) is 10.7 Å². The Morgan fingerprint density at radius 3 is 2.88 bits per heavy atom. The van der Waals surface area contributed by atoms with Gasteiger partial charge in [0.25, 0.3) is 0 Å². The highest BCUT2D eigenvalue weighted by atomic mass is 35.5. The summed E-state index contributed by atoms with van der Waals surface area (Å²) in [5.41, 5.74) is 9.52. The predicted octanol–water partition coefficient (Wildman–Crippen LogP) is 2.23. The minimum Gasteiger partial charge on any atom is -0.387 e. The summed E-state index contributed by atoms with van der Waals surface area (Å²) in [6, 6.07) is 7.13. The van der Waals surface area contributed by atoms with Crippen molar-refractivity contribution in [2.24, 2.45) is 10.8 Å². The van der Waals surface area contributed by atoms with E-state index >= 15 is 0 Å². The number of rotatable bonds is 3. The number of hydrogen-bond acceptors (Lipinski definition) is 4. The molecule has 0 amide bonds. The quantitative estimate of drug-likeness (QED) is 0.491. The summed E-state index contributed by atoms with van der Waals surface area (Å²) in [6.07, 6.45) is 0. The average molecular weight is 253 g/mol. The van der Waals surface area contributed by atoms with E-state index in [0.29, 0.717) is 10.7 Å². The van der Waals surface area contributed by atoms with Gasteiger partial charge in [0.1, 0.15) is 11.1 Å². The van der Waals surface area contributed by atoms with Crippen LogP contribution in [0, 0.1) is 18.3 Å². The van der Waals surface area contributed by atoms with Gasteiger partial charge < -0.3 is 5.73 Å². The molecule has 0 aliphatic carbocycles. The minimum absolute atomic E-state index is 0.0191. The summed E-state index contributed by atoms with van der Waals surface area (Å²) in [4.78, 5) is -0.0466. The number of benzene rings is 1. The van der Waals surface area contributed by atoms with E-state index in [1.165, 1.54) is 0 Å². The van der Waals surface area contributed by atoms with Gasteiger partial charge in [-0.2, -0.15) is 10.4 Å². The Kier molecular flexibility index (Phi) is 4.23. The second kappa shape index (κ2) is 5.45. The SMILES string of the molecule is Cc1c(Cl)cccc1NN=C(C#N)C(N)=S. The molecule has 4 nitrogen and oxygen atoms in total. The lowest BCUT2D eigenvalue weighted by atomic mass is 10.2. The van der Waals surface area contributed by atoms with Crippen molar-refractivity contribution < 1.29 is 0 Å². The molecule has 0 spiro atoms. The van der Waals surface area contributed by atoms with Crippen LogP contribution in [0.15, 0.2) is 23.3 Å². The Balaban J connectivity index is 2.95. The molecule has 0 atom stereocenters. The number of nitrogens with zero attached hydrogens (tertiary/aromatic N) is 2. The van der Waals surface area contributed by atoms with E-state index in [9.17, 15) is 0 Å². The van der Waals surface area contributed by atoms with Gasteiger partial charge in [-0.05, 0) is 24.6 Å². The number of hydrogen-bond donors (Lipinski definition) is 2. The van der Waals surface area contributed by atoms with Gasteiger partial charge in [0.15, 0.2) is 5.71 Å². The van der Waals surface area contributed by atoms with Crippen molar-refractivity contribution in [2.45, 2.75) is 6.92 Å². The van der Waals surface area contributed by atoms with Gasteiger partial charge in [-0.1, -0.05) is 29.9 Å². The lowest BCUT2D eigenvalue weighted by Crippen LogP contribution is -2.20. The molecule has 0 saturated heterocycles. The van der Waals surface area contributed by atoms with Crippen LogP contribution in [0.25, 0.3) is 0 Å². The van der Waals surface area contributed by atoms with E-state index < -0.39 is 0 Å². The average Bonchev–Trinajstić information content (AvgIpc) is 2.24. The number of nitrogens with one attached hydrogen (secondary N) is 1. The molecule has 0 aliphatic heterocycles. The summed E-state index contributed by atoms with van der Waals surface area (Å²) in [7, 11) is 0. The van der Waals surface area contributed by atoms with E-state index in [1.807, 2.05) is 6.92 Å². The van der Waals surface area contributed by atoms with Crippen LogP contribution in [0.3, 0.4) is 0 Å². The first-order valence-electron chi connectivity index (χ1n) is 4.35. The standard InChI is InChI=1S/C10H9ClN4S/c1-6-7(11)3-2-4-8(6)14-15-9(5-12)10(13)16/h2-4,14H,1H3,(H2,13,16). The van der Waals surface area contributed by atoms with Crippen molar-refractivity contribution in [3.8, 4) is 6.07 Å². The van der Waals surface area contributed by atoms with Gasteiger partial charge in [0, 0.05) is 5.02 Å². The van der Waals surface area contributed by atoms with Crippen molar-refractivity contribution in [3.05, 3.63) is 28.8 Å². The maximum Gasteiger partial charge on any atom is 0.194 e. The summed E-state index contributed by atoms with van der Waals surface area (Å²) >= 11 is 10.6. The molecule has 6 heteroatoms. The Bertz CT molecular complexity index is 490. The van der Waals surface area contributed by atoms with E-state index in [1.54, 1.807) is 24.3 Å². The Morgan fingerprint density at radius 1 is 1.62 bits per heavy atom. The number of thiocarbonyl (C=S) groups is 1. The van der Waals surface area contributed by atoms with Gasteiger partial charge in [0.05, 0.1) is 5.69 Å². The largest absolute Gasteiger partial charge is 0.387 e. The predicted molar refractivity (Wildman–Crippen MR) is 69.6 cm³/mol. The molecule has 0 fully saturated rings. The smallest absolute Gasteiger partial charge is 0.194 e. The molecule has 82 valence electrons. The van der Waals surface area contributed by atoms with Crippen molar-refractivity contribution in [3.63, 3.8) is 0 Å². The molecule has 0 saturated carbocycles. The Labute approximate surface area is 104 Å². The van der Waals surface area contributed by atoms with E-state index in [2.05, 4.69) is 22.7 Å². The fourth-order valence-corrected chi connectivity index (χ4v) is 1.25. The van der Waals surface area contributed by atoms with Gasteiger partial charge >= 0.3 is 0 Å². The van der Waals surface area contributed by atoms with Gasteiger partial charge in [-0.25, -0.2) is 0 Å². The zero-order valence-electron chi connectivity index (χ0n) is 8.49. The number of halogens is 1. The fraction of sp³-hybridized carbons (Fsp3) is 0.100. The first kappa shape index (κ1) is 12.4. The molecule has 0 radical (unpaired) electrons. The van der Waals surface area contributed by atoms with Crippen LogP contribution in [-0.2, 0) is 0 Å². The molecule has 1 rings (SSSR count). The first-order valence-corrected chi connectivity index (χ1v) is 5.13. The van der Waals surface area contributed by atoms with Crippen molar-refractivity contribution in [1.82, 2.24) is 0 Å². The summed E-state index contributed by atoms with van der Waals surface area (Å²) < 4.78 is 0. The highest BCUT2D eigenvalue weighted by Crippen LogP contribution is 2.22. The summed E-state index contributed by atoms with van der Waals surface area (Å²) in [5.74, 6) is 0. The lowest BCUT2D eigenvalue weighted by Gasteiger charge is -2.06. The van der Waals surface area contributed by atoms with E-state index in [4.69, 9.17) is 22.6 Å².